The Morgan fingerprint density at radius 1 is 1.04 bits per heavy atom. The van der Waals surface area contributed by atoms with E-state index < -0.39 is 0 Å². The predicted molar refractivity (Wildman–Crippen MR) is 127 cm³/mol. The first-order valence-electron chi connectivity index (χ1n) is 9.27. The SMILES string of the molecule is CCNC(=NCc1ccc(C(=O)N(C)C)cc1)N(C)Cc1ccccc1C.I. The van der Waals surface area contributed by atoms with Gasteiger partial charge in [0.15, 0.2) is 5.96 Å². The summed E-state index contributed by atoms with van der Waals surface area (Å²) in [6.45, 7) is 6.38. The number of hydrogen-bond acceptors (Lipinski definition) is 2. The van der Waals surface area contributed by atoms with Crippen molar-refractivity contribution in [1.82, 2.24) is 15.1 Å². The standard InChI is InChI=1S/C22H30N4O.HI/c1-6-23-22(26(5)16-20-10-8-7-9-17(20)2)24-15-18-11-13-19(14-12-18)21(27)25(3)4;/h7-14H,6,15-16H2,1-5H3,(H,23,24);1H. The van der Waals surface area contributed by atoms with Gasteiger partial charge in [0.1, 0.15) is 0 Å². The monoisotopic (exact) mass is 494 g/mol. The minimum atomic E-state index is 0. The minimum absolute atomic E-state index is 0. The molecular weight excluding hydrogens is 463 g/mol. The first kappa shape index (κ1) is 23.9. The number of halogens is 1. The number of amides is 1. The molecule has 6 heteroatoms. The first-order valence-corrected chi connectivity index (χ1v) is 9.27. The molecule has 28 heavy (non-hydrogen) atoms. The predicted octanol–water partition coefficient (Wildman–Crippen LogP) is 3.91. The largest absolute Gasteiger partial charge is 0.357 e. The highest BCUT2D eigenvalue weighted by Crippen LogP contribution is 2.11. The fourth-order valence-electron chi connectivity index (χ4n) is 2.76. The van der Waals surface area contributed by atoms with E-state index in [-0.39, 0.29) is 29.9 Å². The van der Waals surface area contributed by atoms with Crippen LogP contribution in [0.15, 0.2) is 53.5 Å². The number of carbonyl (C=O) groups is 1. The van der Waals surface area contributed by atoms with Gasteiger partial charge in [0, 0.05) is 39.8 Å². The second-order valence-corrected chi connectivity index (χ2v) is 6.85. The average Bonchev–Trinajstić information content (AvgIpc) is 2.66. The molecule has 0 aliphatic rings. The van der Waals surface area contributed by atoms with Crippen LogP contribution in [-0.2, 0) is 13.1 Å². The summed E-state index contributed by atoms with van der Waals surface area (Å²) in [4.78, 5) is 20.4. The molecule has 152 valence electrons. The van der Waals surface area contributed by atoms with Crippen molar-refractivity contribution in [2.75, 3.05) is 27.7 Å². The van der Waals surface area contributed by atoms with Crippen molar-refractivity contribution in [3.05, 3.63) is 70.8 Å². The summed E-state index contributed by atoms with van der Waals surface area (Å²) in [5.74, 6) is 0.880. The van der Waals surface area contributed by atoms with Crippen LogP contribution in [0, 0.1) is 6.92 Å². The molecule has 0 heterocycles. The third kappa shape index (κ3) is 6.82. The number of hydrogen-bond donors (Lipinski definition) is 1. The molecule has 0 aliphatic carbocycles. The Morgan fingerprint density at radius 3 is 2.25 bits per heavy atom. The number of nitrogens with zero attached hydrogens (tertiary/aromatic N) is 3. The third-order valence-electron chi connectivity index (χ3n) is 4.38. The van der Waals surface area contributed by atoms with E-state index in [1.165, 1.54) is 11.1 Å². The lowest BCUT2D eigenvalue weighted by Crippen LogP contribution is -2.38. The molecule has 2 rings (SSSR count). The normalized spacial score (nSPS) is 10.8. The van der Waals surface area contributed by atoms with Crippen molar-refractivity contribution in [2.45, 2.75) is 26.9 Å². The van der Waals surface area contributed by atoms with E-state index >= 15 is 0 Å². The van der Waals surface area contributed by atoms with E-state index in [4.69, 9.17) is 4.99 Å². The lowest BCUT2D eigenvalue weighted by molar-refractivity contribution is 0.0827. The molecular formula is C22H31IN4O. The van der Waals surface area contributed by atoms with Crippen LogP contribution in [0.5, 0.6) is 0 Å². The molecule has 0 aliphatic heterocycles. The Bertz CT molecular complexity index is 787. The number of aliphatic imine (C=N–C) groups is 1. The van der Waals surface area contributed by atoms with Gasteiger partial charge in [0.25, 0.3) is 5.91 Å². The van der Waals surface area contributed by atoms with Gasteiger partial charge in [-0.1, -0.05) is 36.4 Å². The smallest absolute Gasteiger partial charge is 0.253 e. The van der Waals surface area contributed by atoms with Gasteiger partial charge < -0.3 is 15.1 Å². The second-order valence-electron chi connectivity index (χ2n) is 6.85. The molecule has 0 spiro atoms. The van der Waals surface area contributed by atoms with Crippen LogP contribution in [0.1, 0.15) is 34.0 Å². The van der Waals surface area contributed by atoms with Crippen molar-refractivity contribution in [1.29, 1.82) is 0 Å². The Kier molecular flexibility index (Phi) is 9.99. The van der Waals surface area contributed by atoms with Gasteiger partial charge in [-0.3, -0.25) is 4.79 Å². The van der Waals surface area contributed by atoms with Crippen LogP contribution in [-0.4, -0.2) is 49.4 Å². The van der Waals surface area contributed by atoms with Crippen LogP contribution < -0.4 is 5.32 Å². The zero-order chi connectivity index (χ0) is 19.8. The first-order chi connectivity index (χ1) is 12.9. The van der Waals surface area contributed by atoms with Gasteiger partial charge in [-0.05, 0) is 42.7 Å². The number of rotatable bonds is 6. The van der Waals surface area contributed by atoms with Gasteiger partial charge in [-0.15, -0.1) is 24.0 Å². The number of aryl methyl sites for hydroxylation is 1. The third-order valence-corrected chi connectivity index (χ3v) is 4.38. The van der Waals surface area contributed by atoms with E-state index in [1.807, 2.05) is 31.3 Å². The molecule has 0 fully saturated rings. The summed E-state index contributed by atoms with van der Waals surface area (Å²) in [6.07, 6.45) is 0. The molecule has 0 unspecified atom stereocenters. The van der Waals surface area contributed by atoms with E-state index in [0.29, 0.717) is 12.1 Å². The van der Waals surface area contributed by atoms with Crippen molar-refractivity contribution in [2.24, 2.45) is 4.99 Å². The molecule has 1 N–H and O–H groups in total. The van der Waals surface area contributed by atoms with E-state index in [0.717, 1.165) is 24.6 Å². The Hall–Kier alpha value is -2.09. The fraction of sp³-hybridized carbons (Fsp3) is 0.364. The summed E-state index contributed by atoms with van der Waals surface area (Å²) < 4.78 is 0. The van der Waals surface area contributed by atoms with Gasteiger partial charge in [0.2, 0.25) is 0 Å². The minimum Gasteiger partial charge on any atom is -0.357 e. The molecule has 5 nitrogen and oxygen atoms in total. The molecule has 0 saturated heterocycles. The molecule has 2 aromatic rings. The zero-order valence-corrected chi connectivity index (χ0v) is 19.7. The maximum Gasteiger partial charge on any atom is 0.253 e. The second kappa shape index (κ2) is 11.7. The molecule has 1 amide bonds. The average molecular weight is 494 g/mol. The summed E-state index contributed by atoms with van der Waals surface area (Å²) in [5, 5.41) is 3.35. The molecule has 0 saturated carbocycles. The Labute approximate surface area is 185 Å². The van der Waals surface area contributed by atoms with Crippen LogP contribution in [0.3, 0.4) is 0 Å². The summed E-state index contributed by atoms with van der Waals surface area (Å²) in [6, 6.07) is 16.0. The highest BCUT2D eigenvalue weighted by Gasteiger charge is 2.09. The highest BCUT2D eigenvalue weighted by molar-refractivity contribution is 14.0. The maximum absolute atomic E-state index is 12.0. The number of nitrogens with one attached hydrogen (secondary N) is 1. The molecule has 0 bridgehead atoms. The summed E-state index contributed by atoms with van der Waals surface area (Å²) in [5.41, 5.74) is 4.33. The quantitative estimate of drug-likeness (QED) is 0.377. The Balaban J connectivity index is 0.00000392. The van der Waals surface area contributed by atoms with Crippen molar-refractivity contribution >= 4 is 35.8 Å². The van der Waals surface area contributed by atoms with Crippen molar-refractivity contribution < 1.29 is 4.79 Å². The zero-order valence-electron chi connectivity index (χ0n) is 17.4. The number of benzene rings is 2. The lowest BCUT2D eigenvalue weighted by atomic mass is 10.1. The summed E-state index contributed by atoms with van der Waals surface area (Å²) >= 11 is 0. The molecule has 2 aromatic carbocycles. The van der Waals surface area contributed by atoms with E-state index in [9.17, 15) is 4.79 Å². The number of carbonyl (C=O) groups excluding carboxylic acids is 1. The van der Waals surface area contributed by atoms with Gasteiger partial charge in [-0.25, -0.2) is 4.99 Å². The highest BCUT2D eigenvalue weighted by atomic mass is 127. The summed E-state index contributed by atoms with van der Waals surface area (Å²) in [7, 11) is 5.56. The maximum atomic E-state index is 12.0. The van der Waals surface area contributed by atoms with Crippen LogP contribution in [0.25, 0.3) is 0 Å². The van der Waals surface area contributed by atoms with Crippen molar-refractivity contribution in [3.8, 4) is 0 Å². The van der Waals surface area contributed by atoms with Crippen LogP contribution >= 0.6 is 24.0 Å². The van der Waals surface area contributed by atoms with E-state index in [1.54, 1.807) is 19.0 Å². The molecule has 0 aromatic heterocycles. The van der Waals surface area contributed by atoms with Gasteiger partial charge >= 0.3 is 0 Å². The fourth-order valence-corrected chi connectivity index (χ4v) is 2.76. The van der Waals surface area contributed by atoms with Crippen LogP contribution in [0.4, 0.5) is 0 Å². The van der Waals surface area contributed by atoms with Gasteiger partial charge in [-0.2, -0.15) is 0 Å². The molecule has 0 atom stereocenters. The van der Waals surface area contributed by atoms with Gasteiger partial charge in [0.05, 0.1) is 6.54 Å². The molecule has 0 radical (unpaired) electrons. The topological polar surface area (TPSA) is 47.9 Å². The van der Waals surface area contributed by atoms with E-state index in [2.05, 4.69) is 48.3 Å². The number of guanidine groups is 1. The van der Waals surface area contributed by atoms with Crippen molar-refractivity contribution in [3.63, 3.8) is 0 Å². The van der Waals surface area contributed by atoms with Crippen LogP contribution in [0.2, 0.25) is 0 Å². The Morgan fingerprint density at radius 2 is 1.68 bits per heavy atom. The lowest BCUT2D eigenvalue weighted by Gasteiger charge is -2.23.